The van der Waals surface area contributed by atoms with Gasteiger partial charge in [-0.25, -0.2) is 4.79 Å². The van der Waals surface area contributed by atoms with E-state index < -0.39 is 5.60 Å². The Kier molecular flexibility index (Phi) is 5.40. The summed E-state index contributed by atoms with van der Waals surface area (Å²) in [7, 11) is 2.10. The van der Waals surface area contributed by atoms with Crippen molar-refractivity contribution in [2.24, 2.45) is 5.92 Å². The zero-order chi connectivity index (χ0) is 16.2. The van der Waals surface area contributed by atoms with Crippen LogP contribution in [0.3, 0.4) is 0 Å². The van der Waals surface area contributed by atoms with Crippen LogP contribution in [-0.4, -0.2) is 53.2 Å². The average molecular weight is 305 g/mol. The summed E-state index contributed by atoms with van der Waals surface area (Å²) in [4.78, 5) is 20.5. The van der Waals surface area contributed by atoms with Gasteiger partial charge in [-0.2, -0.15) is 0 Å². The first-order valence-corrected chi connectivity index (χ1v) is 7.90. The number of hydrogen-bond donors (Lipinski definition) is 0. The summed E-state index contributed by atoms with van der Waals surface area (Å²) in [5, 5.41) is 0. The highest BCUT2D eigenvalue weighted by atomic mass is 16.6. The molecule has 0 aromatic carbocycles. The second-order valence-electron chi connectivity index (χ2n) is 7.10. The van der Waals surface area contributed by atoms with Gasteiger partial charge in [0.2, 0.25) is 0 Å². The first kappa shape index (κ1) is 16.7. The van der Waals surface area contributed by atoms with E-state index in [2.05, 4.69) is 16.9 Å². The Labute approximate surface area is 133 Å². The molecule has 0 spiro atoms. The third-order valence-corrected chi connectivity index (χ3v) is 3.67. The van der Waals surface area contributed by atoms with E-state index in [-0.39, 0.29) is 6.09 Å². The molecule has 1 aliphatic rings. The Bertz CT molecular complexity index is 484. The number of carbonyl (C=O) groups excluding carboxylic acids is 1. The lowest BCUT2D eigenvalue weighted by atomic mass is 10.1. The van der Waals surface area contributed by atoms with Crippen molar-refractivity contribution in [2.45, 2.75) is 39.3 Å². The minimum Gasteiger partial charge on any atom is -0.444 e. The van der Waals surface area contributed by atoms with Gasteiger partial charge in [-0.3, -0.25) is 4.98 Å². The molecule has 122 valence electrons. The van der Waals surface area contributed by atoms with Gasteiger partial charge in [0.15, 0.2) is 0 Å². The standard InChI is InChI=1S/C17H27N3O2/c1-17(2,3)22-16(21)20-10-8-14(12-20)11-19(4)13-15-7-5-6-9-18-15/h5-7,9,14H,8,10-13H2,1-4H3/t14-/m0/s1. The fraction of sp³-hybridized carbons (Fsp3) is 0.647. The summed E-state index contributed by atoms with van der Waals surface area (Å²) in [6, 6.07) is 5.98. The zero-order valence-electron chi connectivity index (χ0n) is 14.1. The molecule has 0 radical (unpaired) electrons. The predicted octanol–water partition coefficient (Wildman–Crippen LogP) is 2.77. The van der Waals surface area contributed by atoms with Crippen molar-refractivity contribution in [1.29, 1.82) is 0 Å². The average Bonchev–Trinajstić information content (AvgIpc) is 2.86. The number of amides is 1. The molecule has 0 N–H and O–H groups in total. The molecular formula is C17H27N3O2. The highest BCUT2D eigenvalue weighted by molar-refractivity contribution is 5.68. The lowest BCUT2D eigenvalue weighted by molar-refractivity contribution is 0.0285. The third-order valence-electron chi connectivity index (χ3n) is 3.67. The van der Waals surface area contributed by atoms with Gasteiger partial charge < -0.3 is 14.5 Å². The van der Waals surface area contributed by atoms with Crippen LogP contribution in [0.1, 0.15) is 32.9 Å². The summed E-state index contributed by atoms with van der Waals surface area (Å²) in [6.07, 6.45) is 2.66. The maximum Gasteiger partial charge on any atom is 0.410 e. The monoisotopic (exact) mass is 305 g/mol. The van der Waals surface area contributed by atoms with Gasteiger partial charge in [0, 0.05) is 32.4 Å². The van der Waals surface area contributed by atoms with Gasteiger partial charge in [0.25, 0.3) is 0 Å². The minimum atomic E-state index is -0.426. The first-order valence-electron chi connectivity index (χ1n) is 7.90. The number of aromatic nitrogens is 1. The van der Waals surface area contributed by atoms with Crippen LogP contribution in [0.4, 0.5) is 4.79 Å². The number of carbonyl (C=O) groups is 1. The molecule has 1 atom stereocenters. The summed E-state index contributed by atoms with van der Waals surface area (Å²) < 4.78 is 5.43. The minimum absolute atomic E-state index is 0.192. The van der Waals surface area contributed by atoms with Gasteiger partial charge in [-0.15, -0.1) is 0 Å². The highest BCUT2D eigenvalue weighted by Crippen LogP contribution is 2.20. The third kappa shape index (κ3) is 5.30. The zero-order valence-corrected chi connectivity index (χ0v) is 14.1. The van der Waals surface area contributed by atoms with E-state index in [9.17, 15) is 4.79 Å². The van der Waals surface area contributed by atoms with E-state index >= 15 is 0 Å². The van der Waals surface area contributed by atoms with Crippen LogP contribution >= 0.6 is 0 Å². The van der Waals surface area contributed by atoms with Crippen LogP contribution in [0.25, 0.3) is 0 Å². The lowest BCUT2D eigenvalue weighted by Crippen LogP contribution is -2.36. The number of likely N-dealkylation sites (tertiary alicyclic amines) is 1. The molecule has 1 aromatic heterocycles. The van der Waals surface area contributed by atoms with E-state index in [1.165, 1.54) is 0 Å². The van der Waals surface area contributed by atoms with Gasteiger partial charge in [0.1, 0.15) is 5.60 Å². The van der Waals surface area contributed by atoms with Gasteiger partial charge in [-0.05, 0) is 52.3 Å². The maximum atomic E-state index is 12.1. The fourth-order valence-corrected chi connectivity index (χ4v) is 2.75. The van der Waals surface area contributed by atoms with Crippen molar-refractivity contribution in [3.63, 3.8) is 0 Å². The molecule has 22 heavy (non-hydrogen) atoms. The number of rotatable bonds is 4. The highest BCUT2D eigenvalue weighted by Gasteiger charge is 2.30. The van der Waals surface area contributed by atoms with Crippen LogP contribution in [-0.2, 0) is 11.3 Å². The maximum absolute atomic E-state index is 12.1. The van der Waals surface area contributed by atoms with Crippen molar-refractivity contribution in [3.05, 3.63) is 30.1 Å². The molecule has 1 saturated heterocycles. The van der Waals surface area contributed by atoms with Crippen molar-refractivity contribution in [1.82, 2.24) is 14.8 Å². The Balaban J connectivity index is 1.77. The molecule has 2 rings (SSSR count). The van der Waals surface area contributed by atoms with Gasteiger partial charge in [-0.1, -0.05) is 6.07 Å². The number of hydrogen-bond acceptors (Lipinski definition) is 4. The number of ether oxygens (including phenoxy) is 1. The SMILES string of the molecule is CN(Cc1ccccn1)C[C@@H]1CCN(C(=O)OC(C)(C)C)C1. The molecule has 5 nitrogen and oxygen atoms in total. The van der Waals surface area contributed by atoms with Crippen LogP contribution in [0.5, 0.6) is 0 Å². The van der Waals surface area contributed by atoms with E-state index in [1.807, 2.05) is 50.1 Å². The topological polar surface area (TPSA) is 45.7 Å². The largest absolute Gasteiger partial charge is 0.444 e. The van der Waals surface area contributed by atoms with Crippen molar-refractivity contribution in [2.75, 3.05) is 26.7 Å². The van der Waals surface area contributed by atoms with Crippen LogP contribution in [0.2, 0.25) is 0 Å². The molecular weight excluding hydrogens is 278 g/mol. The van der Waals surface area contributed by atoms with Crippen molar-refractivity contribution >= 4 is 6.09 Å². The molecule has 2 heterocycles. The fourth-order valence-electron chi connectivity index (χ4n) is 2.75. The van der Waals surface area contributed by atoms with Crippen molar-refractivity contribution in [3.8, 4) is 0 Å². The quantitative estimate of drug-likeness (QED) is 0.858. The Morgan fingerprint density at radius 3 is 2.86 bits per heavy atom. The molecule has 5 heteroatoms. The molecule has 1 aromatic rings. The van der Waals surface area contributed by atoms with E-state index in [1.54, 1.807) is 0 Å². The second-order valence-corrected chi connectivity index (χ2v) is 7.10. The predicted molar refractivity (Wildman–Crippen MR) is 86.5 cm³/mol. The lowest BCUT2D eigenvalue weighted by Gasteiger charge is -2.25. The smallest absolute Gasteiger partial charge is 0.410 e. The summed E-state index contributed by atoms with van der Waals surface area (Å²) in [5.74, 6) is 0.501. The molecule has 0 bridgehead atoms. The van der Waals surface area contributed by atoms with Gasteiger partial charge in [0.05, 0.1) is 5.69 Å². The molecule has 1 aliphatic heterocycles. The van der Waals surface area contributed by atoms with Crippen LogP contribution in [0.15, 0.2) is 24.4 Å². The summed E-state index contributed by atoms with van der Waals surface area (Å²) >= 11 is 0. The Hall–Kier alpha value is -1.62. The Morgan fingerprint density at radius 1 is 1.45 bits per heavy atom. The van der Waals surface area contributed by atoms with Crippen LogP contribution < -0.4 is 0 Å². The summed E-state index contributed by atoms with van der Waals surface area (Å²) in [5.41, 5.74) is 0.650. The van der Waals surface area contributed by atoms with E-state index in [0.29, 0.717) is 5.92 Å². The molecule has 1 fully saturated rings. The van der Waals surface area contributed by atoms with Gasteiger partial charge >= 0.3 is 6.09 Å². The molecule has 0 unspecified atom stereocenters. The van der Waals surface area contributed by atoms with Crippen molar-refractivity contribution < 1.29 is 9.53 Å². The second kappa shape index (κ2) is 7.09. The number of nitrogens with zero attached hydrogens (tertiary/aromatic N) is 3. The molecule has 0 aliphatic carbocycles. The first-order chi connectivity index (χ1) is 10.3. The normalized spacial score (nSPS) is 18.8. The van der Waals surface area contributed by atoms with Crippen LogP contribution in [0, 0.1) is 5.92 Å². The molecule has 1 amide bonds. The van der Waals surface area contributed by atoms with E-state index in [4.69, 9.17) is 4.74 Å². The Morgan fingerprint density at radius 2 is 2.23 bits per heavy atom. The summed E-state index contributed by atoms with van der Waals surface area (Å²) in [6.45, 7) is 9.08. The molecule has 0 saturated carbocycles. The number of pyridine rings is 1. The van der Waals surface area contributed by atoms with E-state index in [0.717, 1.165) is 38.3 Å².